The number of nitrogens with one attached hydrogen (secondary N) is 1. The number of hydrogen-bond acceptors (Lipinski definition) is 1. The number of rotatable bonds is 4. The Morgan fingerprint density at radius 1 is 1.50 bits per heavy atom. The average molecular weight is 187 g/mol. The molecule has 0 spiro atoms. The van der Waals surface area contributed by atoms with Crippen LogP contribution in [0.15, 0.2) is 36.4 Å². The first-order chi connectivity index (χ1) is 6.77. The molecule has 1 nitrogen and oxygen atoms in total. The Bertz CT molecular complexity index is 341. The molecule has 0 radical (unpaired) electrons. The largest absolute Gasteiger partial charge is 0.312 e. The van der Waals surface area contributed by atoms with E-state index in [1.165, 1.54) is 23.1 Å². The lowest BCUT2D eigenvalue weighted by atomic mass is 9.77. The molecule has 74 valence electrons. The van der Waals surface area contributed by atoms with Crippen LogP contribution in [0.25, 0.3) is 0 Å². The van der Waals surface area contributed by atoms with E-state index in [4.69, 9.17) is 0 Å². The molecule has 1 aliphatic rings. The lowest BCUT2D eigenvalue weighted by Gasteiger charge is -2.30. The van der Waals surface area contributed by atoms with Crippen molar-refractivity contribution in [2.45, 2.75) is 19.3 Å². The van der Waals surface area contributed by atoms with Gasteiger partial charge >= 0.3 is 0 Å². The van der Waals surface area contributed by atoms with Gasteiger partial charge in [-0.1, -0.05) is 36.4 Å². The van der Waals surface area contributed by atoms with Crippen molar-refractivity contribution in [3.05, 3.63) is 47.5 Å². The van der Waals surface area contributed by atoms with Gasteiger partial charge in [-0.2, -0.15) is 0 Å². The molecule has 0 bridgehead atoms. The quantitative estimate of drug-likeness (QED) is 0.714. The van der Waals surface area contributed by atoms with Crippen LogP contribution in [0.2, 0.25) is 0 Å². The Balaban J connectivity index is 1.84. The van der Waals surface area contributed by atoms with Crippen LogP contribution in [0.4, 0.5) is 0 Å². The predicted octanol–water partition coefficient (Wildman–Crippen LogP) is 2.49. The summed E-state index contributed by atoms with van der Waals surface area (Å²) in [5, 5.41) is 3.43. The standard InChI is InChI=1S/C13H17N/c1-10(2)8-14-9-12-7-11-5-3-4-6-13(11)12/h3-6,12,14H,1,7-9H2,2H3. The molecular weight excluding hydrogens is 170 g/mol. The summed E-state index contributed by atoms with van der Waals surface area (Å²) in [6.07, 6.45) is 1.24. The van der Waals surface area contributed by atoms with E-state index >= 15 is 0 Å². The summed E-state index contributed by atoms with van der Waals surface area (Å²) in [5.41, 5.74) is 4.26. The van der Waals surface area contributed by atoms with Crippen LogP contribution in [0.1, 0.15) is 24.0 Å². The van der Waals surface area contributed by atoms with E-state index in [2.05, 4.69) is 43.1 Å². The lowest BCUT2D eigenvalue weighted by molar-refractivity contribution is 0.551. The summed E-state index contributed by atoms with van der Waals surface area (Å²) >= 11 is 0. The van der Waals surface area contributed by atoms with Crippen LogP contribution in [-0.4, -0.2) is 13.1 Å². The van der Waals surface area contributed by atoms with Gasteiger partial charge in [-0.3, -0.25) is 0 Å². The second kappa shape index (κ2) is 3.97. The molecule has 1 aromatic carbocycles. The van der Waals surface area contributed by atoms with E-state index in [9.17, 15) is 0 Å². The fourth-order valence-electron chi connectivity index (χ4n) is 2.00. The Morgan fingerprint density at radius 2 is 2.29 bits per heavy atom. The molecule has 14 heavy (non-hydrogen) atoms. The molecule has 0 saturated carbocycles. The van der Waals surface area contributed by atoms with Crippen LogP contribution in [-0.2, 0) is 6.42 Å². The first-order valence-electron chi connectivity index (χ1n) is 5.20. The van der Waals surface area contributed by atoms with Crippen molar-refractivity contribution in [1.29, 1.82) is 0 Å². The van der Waals surface area contributed by atoms with E-state index in [-0.39, 0.29) is 0 Å². The van der Waals surface area contributed by atoms with Crippen molar-refractivity contribution in [2.24, 2.45) is 0 Å². The monoisotopic (exact) mass is 187 g/mol. The van der Waals surface area contributed by atoms with Gasteiger partial charge in [0.05, 0.1) is 0 Å². The molecule has 1 N–H and O–H groups in total. The molecule has 0 heterocycles. The molecule has 1 atom stereocenters. The van der Waals surface area contributed by atoms with Gasteiger partial charge in [-0.15, -0.1) is 0 Å². The van der Waals surface area contributed by atoms with E-state index in [0.29, 0.717) is 0 Å². The zero-order chi connectivity index (χ0) is 9.97. The molecule has 1 unspecified atom stereocenters. The smallest absolute Gasteiger partial charge is 0.0159 e. The molecular formula is C13H17N. The Labute approximate surface area is 85.8 Å². The zero-order valence-corrected chi connectivity index (χ0v) is 8.72. The van der Waals surface area contributed by atoms with Gasteiger partial charge < -0.3 is 5.32 Å². The Kier molecular flexibility index (Phi) is 2.69. The first kappa shape index (κ1) is 9.47. The molecule has 1 heteroatoms. The predicted molar refractivity (Wildman–Crippen MR) is 60.6 cm³/mol. The van der Waals surface area contributed by atoms with Gasteiger partial charge in [0.1, 0.15) is 0 Å². The molecule has 0 saturated heterocycles. The van der Waals surface area contributed by atoms with Crippen LogP contribution in [0.3, 0.4) is 0 Å². The molecule has 1 aliphatic carbocycles. The molecule has 2 rings (SSSR count). The van der Waals surface area contributed by atoms with Gasteiger partial charge in [0.2, 0.25) is 0 Å². The van der Waals surface area contributed by atoms with E-state index < -0.39 is 0 Å². The second-order valence-corrected chi connectivity index (χ2v) is 4.19. The van der Waals surface area contributed by atoms with Gasteiger partial charge in [0.15, 0.2) is 0 Å². The van der Waals surface area contributed by atoms with Gasteiger partial charge in [0, 0.05) is 19.0 Å². The summed E-state index contributed by atoms with van der Waals surface area (Å²) < 4.78 is 0. The van der Waals surface area contributed by atoms with E-state index in [0.717, 1.165) is 19.0 Å². The second-order valence-electron chi connectivity index (χ2n) is 4.19. The highest BCUT2D eigenvalue weighted by molar-refractivity contribution is 5.40. The highest BCUT2D eigenvalue weighted by Gasteiger charge is 2.24. The van der Waals surface area contributed by atoms with Gasteiger partial charge in [-0.25, -0.2) is 0 Å². The van der Waals surface area contributed by atoms with Crippen molar-refractivity contribution < 1.29 is 0 Å². The average Bonchev–Trinajstić information content (AvgIpc) is 2.12. The molecule has 1 aromatic rings. The molecule has 0 amide bonds. The van der Waals surface area contributed by atoms with Crippen LogP contribution in [0.5, 0.6) is 0 Å². The van der Waals surface area contributed by atoms with Crippen molar-refractivity contribution in [2.75, 3.05) is 13.1 Å². The number of benzene rings is 1. The maximum atomic E-state index is 3.88. The summed E-state index contributed by atoms with van der Waals surface area (Å²) in [5.74, 6) is 0.727. The topological polar surface area (TPSA) is 12.0 Å². The van der Waals surface area contributed by atoms with Crippen LogP contribution < -0.4 is 5.32 Å². The van der Waals surface area contributed by atoms with E-state index in [1.807, 2.05) is 0 Å². The maximum Gasteiger partial charge on any atom is 0.0159 e. The third-order valence-electron chi connectivity index (χ3n) is 2.78. The molecule has 0 fully saturated rings. The number of fused-ring (bicyclic) bond motifs is 1. The first-order valence-corrected chi connectivity index (χ1v) is 5.20. The molecule has 0 aliphatic heterocycles. The SMILES string of the molecule is C=C(C)CNCC1Cc2ccccc21. The minimum Gasteiger partial charge on any atom is -0.312 e. The van der Waals surface area contributed by atoms with Gasteiger partial charge in [0.25, 0.3) is 0 Å². The van der Waals surface area contributed by atoms with Crippen molar-refractivity contribution in [1.82, 2.24) is 5.32 Å². The fourth-order valence-corrected chi connectivity index (χ4v) is 2.00. The minimum atomic E-state index is 0.727. The third kappa shape index (κ3) is 1.88. The molecule has 0 aromatic heterocycles. The summed E-state index contributed by atoms with van der Waals surface area (Å²) in [6.45, 7) is 7.97. The van der Waals surface area contributed by atoms with Crippen molar-refractivity contribution in [3.8, 4) is 0 Å². The number of hydrogen-bond donors (Lipinski definition) is 1. The third-order valence-corrected chi connectivity index (χ3v) is 2.78. The van der Waals surface area contributed by atoms with E-state index in [1.54, 1.807) is 0 Å². The fraction of sp³-hybridized carbons (Fsp3) is 0.385. The summed E-state index contributed by atoms with van der Waals surface area (Å²) in [6, 6.07) is 8.72. The summed E-state index contributed by atoms with van der Waals surface area (Å²) in [7, 11) is 0. The Hall–Kier alpha value is -1.08. The maximum absolute atomic E-state index is 3.88. The normalized spacial score (nSPS) is 18.5. The highest BCUT2D eigenvalue weighted by Crippen LogP contribution is 2.33. The minimum absolute atomic E-state index is 0.727. The van der Waals surface area contributed by atoms with Crippen molar-refractivity contribution >= 4 is 0 Å². The Morgan fingerprint density at radius 3 is 3.00 bits per heavy atom. The highest BCUT2D eigenvalue weighted by atomic mass is 14.9. The zero-order valence-electron chi connectivity index (χ0n) is 8.72. The van der Waals surface area contributed by atoms with Crippen molar-refractivity contribution in [3.63, 3.8) is 0 Å². The summed E-state index contributed by atoms with van der Waals surface area (Å²) in [4.78, 5) is 0. The van der Waals surface area contributed by atoms with Gasteiger partial charge in [-0.05, 0) is 24.5 Å². The lowest BCUT2D eigenvalue weighted by Crippen LogP contribution is -2.29. The van der Waals surface area contributed by atoms with Crippen LogP contribution in [0, 0.1) is 0 Å². The van der Waals surface area contributed by atoms with Crippen LogP contribution >= 0.6 is 0 Å².